The number of amides is 1. The van der Waals surface area contributed by atoms with Gasteiger partial charge in [-0.2, -0.15) is 0 Å². The van der Waals surface area contributed by atoms with Crippen LogP contribution in [0.2, 0.25) is 0 Å². The van der Waals surface area contributed by atoms with Gasteiger partial charge in [-0.05, 0) is 6.92 Å². The van der Waals surface area contributed by atoms with Crippen molar-refractivity contribution in [3.8, 4) is 0 Å². The predicted molar refractivity (Wildman–Crippen MR) is 65.4 cm³/mol. The lowest BCUT2D eigenvalue weighted by atomic mass is 10.0. The number of carbonyl (C=O) groups is 1. The Balaban J connectivity index is 2.63. The fourth-order valence-corrected chi connectivity index (χ4v) is 1.73. The first kappa shape index (κ1) is 13.1. The lowest BCUT2D eigenvalue weighted by molar-refractivity contribution is -0.119. The Kier molecular flexibility index (Phi) is 4.37. The molecule has 2 unspecified atom stereocenters. The van der Waals surface area contributed by atoms with E-state index in [1.54, 1.807) is 6.92 Å². The molecular formula is C10H18N4OS. The van der Waals surface area contributed by atoms with Gasteiger partial charge in [0, 0.05) is 12.0 Å². The Morgan fingerprint density at radius 2 is 1.94 bits per heavy atom. The van der Waals surface area contributed by atoms with Crippen LogP contribution in [0.3, 0.4) is 0 Å². The number of carbonyl (C=O) groups excluding carboxylic acids is 1. The number of anilines is 1. The molecule has 3 N–H and O–H groups in total. The third-order valence-electron chi connectivity index (χ3n) is 2.37. The number of nitrogens with zero attached hydrogens (tertiary/aromatic N) is 2. The summed E-state index contributed by atoms with van der Waals surface area (Å²) in [5.74, 6) is -0.0122. The molecule has 2 atom stereocenters. The molecule has 0 fully saturated rings. The van der Waals surface area contributed by atoms with Crippen molar-refractivity contribution in [1.29, 1.82) is 0 Å². The summed E-state index contributed by atoms with van der Waals surface area (Å²) in [5, 5.41) is 12.1. The van der Waals surface area contributed by atoms with Gasteiger partial charge in [-0.15, -0.1) is 10.2 Å². The molecule has 16 heavy (non-hydrogen) atoms. The smallest absolute Gasteiger partial charge is 0.230 e. The maximum Gasteiger partial charge on any atom is 0.230 e. The van der Waals surface area contributed by atoms with Crippen molar-refractivity contribution in [2.24, 2.45) is 11.7 Å². The highest BCUT2D eigenvalue weighted by Gasteiger charge is 2.18. The standard InChI is InChI=1S/C10H18N4OS/c1-5(2)9-13-14-10(16-9)12-8(15)6(3)7(4)11/h5-7H,11H2,1-4H3,(H,12,14,15). The largest absolute Gasteiger partial charge is 0.327 e. The molecule has 0 aliphatic rings. The number of hydrogen-bond donors (Lipinski definition) is 2. The molecule has 0 aliphatic heterocycles. The number of nitrogens with one attached hydrogen (secondary N) is 1. The number of aromatic nitrogens is 2. The van der Waals surface area contributed by atoms with Gasteiger partial charge < -0.3 is 11.1 Å². The normalized spacial score (nSPS) is 14.9. The molecule has 6 heteroatoms. The Hall–Kier alpha value is -1.01. The zero-order valence-corrected chi connectivity index (χ0v) is 10.8. The van der Waals surface area contributed by atoms with Crippen LogP contribution < -0.4 is 11.1 Å². The van der Waals surface area contributed by atoms with Crippen molar-refractivity contribution in [2.45, 2.75) is 39.7 Å². The molecule has 0 saturated carbocycles. The average molecular weight is 242 g/mol. The fraction of sp³-hybridized carbons (Fsp3) is 0.700. The Bertz CT molecular complexity index is 361. The highest BCUT2D eigenvalue weighted by molar-refractivity contribution is 7.15. The number of hydrogen-bond acceptors (Lipinski definition) is 5. The van der Waals surface area contributed by atoms with E-state index in [1.807, 2.05) is 20.8 Å². The molecule has 1 aromatic rings. The molecule has 0 radical (unpaired) electrons. The van der Waals surface area contributed by atoms with Crippen molar-refractivity contribution < 1.29 is 4.79 Å². The monoisotopic (exact) mass is 242 g/mol. The van der Waals surface area contributed by atoms with Gasteiger partial charge in [-0.25, -0.2) is 0 Å². The highest BCUT2D eigenvalue weighted by atomic mass is 32.1. The molecule has 90 valence electrons. The van der Waals surface area contributed by atoms with E-state index in [0.29, 0.717) is 11.0 Å². The summed E-state index contributed by atoms with van der Waals surface area (Å²) in [6, 6.07) is -0.169. The highest BCUT2D eigenvalue weighted by Crippen LogP contribution is 2.22. The minimum Gasteiger partial charge on any atom is -0.327 e. The van der Waals surface area contributed by atoms with Crippen molar-refractivity contribution >= 4 is 22.4 Å². The molecule has 1 rings (SSSR count). The predicted octanol–water partition coefficient (Wildman–Crippen LogP) is 1.58. The van der Waals surface area contributed by atoms with Gasteiger partial charge in [0.2, 0.25) is 11.0 Å². The van der Waals surface area contributed by atoms with Crippen LogP contribution in [0.15, 0.2) is 0 Å². The topological polar surface area (TPSA) is 80.9 Å². The van der Waals surface area contributed by atoms with E-state index in [4.69, 9.17) is 5.73 Å². The van der Waals surface area contributed by atoms with E-state index in [9.17, 15) is 4.79 Å². The molecule has 0 aliphatic carbocycles. The summed E-state index contributed by atoms with van der Waals surface area (Å²) in [5.41, 5.74) is 5.65. The summed E-state index contributed by atoms with van der Waals surface area (Å²) in [7, 11) is 0. The second-order valence-electron chi connectivity index (χ2n) is 4.24. The van der Waals surface area contributed by atoms with Gasteiger partial charge in [0.25, 0.3) is 0 Å². The maximum atomic E-state index is 11.7. The molecule has 1 heterocycles. The molecule has 0 aromatic carbocycles. The average Bonchev–Trinajstić information content (AvgIpc) is 2.64. The van der Waals surface area contributed by atoms with Crippen LogP contribution in [0, 0.1) is 5.92 Å². The van der Waals surface area contributed by atoms with E-state index < -0.39 is 0 Å². The molecule has 0 saturated heterocycles. The second-order valence-corrected chi connectivity index (χ2v) is 5.25. The first-order valence-electron chi connectivity index (χ1n) is 5.31. The van der Waals surface area contributed by atoms with Gasteiger partial charge in [-0.3, -0.25) is 4.79 Å². The van der Waals surface area contributed by atoms with Crippen LogP contribution in [-0.2, 0) is 4.79 Å². The Morgan fingerprint density at radius 1 is 1.31 bits per heavy atom. The Labute approximate surface area is 99.5 Å². The number of rotatable bonds is 4. The molecule has 1 aromatic heterocycles. The second kappa shape index (κ2) is 5.36. The summed E-state index contributed by atoms with van der Waals surface area (Å²) < 4.78 is 0. The maximum absolute atomic E-state index is 11.7. The van der Waals surface area contributed by atoms with E-state index in [1.165, 1.54) is 11.3 Å². The third kappa shape index (κ3) is 3.24. The van der Waals surface area contributed by atoms with E-state index in [-0.39, 0.29) is 17.9 Å². The SMILES string of the molecule is CC(C)c1nnc(NC(=O)C(C)C(C)N)s1. The Morgan fingerprint density at radius 3 is 2.38 bits per heavy atom. The lowest BCUT2D eigenvalue weighted by Crippen LogP contribution is -2.34. The zero-order chi connectivity index (χ0) is 12.3. The molecule has 0 bridgehead atoms. The lowest BCUT2D eigenvalue weighted by Gasteiger charge is -2.13. The van der Waals surface area contributed by atoms with Crippen LogP contribution in [0.4, 0.5) is 5.13 Å². The first-order chi connectivity index (χ1) is 7.41. The summed E-state index contributed by atoms with van der Waals surface area (Å²) in [4.78, 5) is 11.7. The quantitative estimate of drug-likeness (QED) is 0.840. The number of nitrogens with two attached hydrogens (primary N) is 1. The van der Waals surface area contributed by atoms with Crippen LogP contribution in [0.25, 0.3) is 0 Å². The van der Waals surface area contributed by atoms with Crippen LogP contribution in [-0.4, -0.2) is 22.1 Å². The summed E-state index contributed by atoms with van der Waals surface area (Å²) in [6.07, 6.45) is 0. The molecule has 0 spiro atoms. The van der Waals surface area contributed by atoms with Crippen molar-refractivity contribution in [1.82, 2.24) is 10.2 Å². The van der Waals surface area contributed by atoms with Gasteiger partial charge >= 0.3 is 0 Å². The van der Waals surface area contributed by atoms with Gasteiger partial charge in [0.1, 0.15) is 5.01 Å². The van der Waals surface area contributed by atoms with Gasteiger partial charge in [0.15, 0.2) is 0 Å². The third-order valence-corrected chi connectivity index (χ3v) is 3.51. The van der Waals surface area contributed by atoms with E-state index in [2.05, 4.69) is 15.5 Å². The fourth-order valence-electron chi connectivity index (χ4n) is 0.976. The van der Waals surface area contributed by atoms with Crippen LogP contribution >= 0.6 is 11.3 Å². The molecular weight excluding hydrogens is 224 g/mol. The molecule has 5 nitrogen and oxygen atoms in total. The van der Waals surface area contributed by atoms with Crippen molar-refractivity contribution in [3.05, 3.63) is 5.01 Å². The van der Waals surface area contributed by atoms with Gasteiger partial charge in [0.05, 0.1) is 5.92 Å². The minimum atomic E-state index is -0.230. The molecule has 1 amide bonds. The first-order valence-corrected chi connectivity index (χ1v) is 6.13. The van der Waals surface area contributed by atoms with E-state index >= 15 is 0 Å². The van der Waals surface area contributed by atoms with Crippen LogP contribution in [0.5, 0.6) is 0 Å². The van der Waals surface area contributed by atoms with Crippen molar-refractivity contribution in [2.75, 3.05) is 5.32 Å². The zero-order valence-electron chi connectivity index (χ0n) is 10.0. The van der Waals surface area contributed by atoms with Crippen LogP contribution in [0.1, 0.15) is 38.6 Å². The van der Waals surface area contributed by atoms with Crippen molar-refractivity contribution in [3.63, 3.8) is 0 Å². The van der Waals surface area contributed by atoms with Gasteiger partial charge in [-0.1, -0.05) is 32.1 Å². The van der Waals surface area contributed by atoms with E-state index in [0.717, 1.165) is 5.01 Å². The summed E-state index contributed by atoms with van der Waals surface area (Å²) >= 11 is 1.40. The minimum absolute atomic E-state index is 0.110. The summed E-state index contributed by atoms with van der Waals surface area (Å²) in [6.45, 7) is 7.68.